The third-order valence-electron chi connectivity index (χ3n) is 4.17. The highest BCUT2D eigenvalue weighted by Crippen LogP contribution is 2.21. The summed E-state index contributed by atoms with van der Waals surface area (Å²) in [4.78, 5) is 14.6. The molecule has 0 unspecified atom stereocenters. The average molecular weight is 354 g/mol. The first-order chi connectivity index (χ1) is 12.0. The van der Waals surface area contributed by atoms with E-state index in [9.17, 15) is 13.2 Å². The van der Waals surface area contributed by atoms with Crippen molar-refractivity contribution >= 4 is 15.9 Å². The highest BCUT2D eigenvalue weighted by molar-refractivity contribution is 7.89. The van der Waals surface area contributed by atoms with Crippen molar-refractivity contribution in [3.8, 4) is 12.3 Å². The quantitative estimate of drug-likeness (QED) is 0.852. The number of rotatable bonds is 4. The largest absolute Gasteiger partial charge is 0.334 e. The summed E-state index contributed by atoms with van der Waals surface area (Å²) in [5.41, 5.74) is 2.73. The second-order valence-corrected chi connectivity index (χ2v) is 7.57. The molecule has 6 heteroatoms. The molecule has 0 aromatic heterocycles. The minimum Gasteiger partial charge on any atom is -0.334 e. The Labute approximate surface area is 147 Å². The maximum Gasteiger partial charge on any atom is 0.254 e. The topological polar surface area (TPSA) is 66.5 Å². The molecule has 0 spiro atoms. The van der Waals surface area contributed by atoms with Crippen LogP contribution in [0.1, 0.15) is 21.5 Å². The third-order valence-corrected chi connectivity index (χ3v) is 5.57. The monoisotopic (exact) mass is 354 g/mol. The molecule has 1 heterocycles. The van der Waals surface area contributed by atoms with Gasteiger partial charge in [-0.05, 0) is 35.7 Å². The van der Waals surface area contributed by atoms with Gasteiger partial charge in [-0.2, -0.15) is 4.72 Å². The van der Waals surface area contributed by atoms with Crippen LogP contribution in [0.5, 0.6) is 0 Å². The van der Waals surface area contributed by atoms with Crippen LogP contribution in [0.3, 0.4) is 0 Å². The van der Waals surface area contributed by atoms with Gasteiger partial charge in [0.15, 0.2) is 0 Å². The zero-order valence-corrected chi connectivity index (χ0v) is 14.4. The maximum atomic E-state index is 12.8. The van der Waals surface area contributed by atoms with Crippen LogP contribution in [0.4, 0.5) is 0 Å². The van der Waals surface area contributed by atoms with Crippen molar-refractivity contribution in [1.29, 1.82) is 0 Å². The van der Waals surface area contributed by atoms with Crippen molar-refractivity contribution in [3.63, 3.8) is 0 Å². The molecule has 2 aromatic rings. The minimum absolute atomic E-state index is 0.0333. The van der Waals surface area contributed by atoms with Gasteiger partial charge >= 0.3 is 0 Å². The molecule has 1 N–H and O–H groups in total. The van der Waals surface area contributed by atoms with E-state index >= 15 is 0 Å². The number of benzene rings is 2. The Bertz CT molecular complexity index is 945. The summed E-state index contributed by atoms with van der Waals surface area (Å²) in [6.07, 6.45) is 5.89. The normalized spacial score (nSPS) is 13.8. The molecule has 0 fully saturated rings. The molecule has 0 bridgehead atoms. The van der Waals surface area contributed by atoms with E-state index in [1.54, 1.807) is 17.0 Å². The molecule has 1 aliphatic rings. The molecule has 3 rings (SSSR count). The van der Waals surface area contributed by atoms with E-state index in [2.05, 4.69) is 16.7 Å². The Morgan fingerprint density at radius 2 is 1.92 bits per heavy atom. The van der Waals surface area contributed by atoms with Gasteiger partial charge in [0, 0.05) is 18.7 Å². The fraction of sp³-hybridized carbons (Fsp3) is 0.211. The van der Waals surface area contributed by atoms with E-state index in [-0.39, 0.29) is 17.3 Å². The van der Waals surface area contributed by atoms with Crippen LogP contribution in [-0.2, 0) is 23.0 Å². The molecule has 2 aromatic carbocycles. The fourth-order valence-electron chi connectivity index (χ4n) is 2.87. The summed E-state index contributed by atoms with van der Waals surface area (Å²) < 4.78 is 26.6. The summed E-state index contributed by atoms with van der Waals surface area (Å²) in [6.45, 7) is 1.05. The van der Waals surface area contributed by atoms with E-state index in [1.807, 2.05) is 18.2 Å². The minimum atomic E-state index is -3.72. The highest BCUT2D eigenvalue weighted by Gasteiger charge is 2.23. The Hall–Kier alpha value is -2.62. The number of carbonyl (C=O) groups excluding carboxylic acids is 1. The first-order valence-corrected chi connectivity index (χ1v) is 9.39. The number of fused-ring (bicyclic) bond motifs is 1. The van der Waals surface area contributed by atoms with Crippen LogP contribution >= 0.6 is 0 Å². The lowest BCUT2D eigenvalue weighted by molar-refractivity contribution is 0.0734. The Balaban J connectivity index is 1.82. The molecule has 0 atom stereocenters. The zero-order chi connectivity index (χ0) is 17.9. The molecule has 5 nitrogen and oxygen atoms in total. The van der Waals surface area contributed by atoms with Crippen molar-refractivity contribution in [2.24, 2.45) is 0 Å². The fourth-order valence-corrected chi connectivity index (χ4v) is 3.85. The van der Waals surface area contributed by atoms with Crippen molar-refractivity contribution < 1.29 is 13.2 Å². The van der Waals surface area contributed by atoms with Gasteiger partial charge in [-0.3, -0.25) is 4.79 Å². The SMILES string of the molecule is C#CCNS(=O)(=O)c1cccc(C(=O)N2CCc3ccccc3C2)c1. The van der Waals surface area contributed by atoms with Crippen LogP contribution in [0.2, 0.25) is 0 Å². The molecule has 128 valence electrons. The van der Waals surface area contributed by atoms with Crippen LogP contribution in [0, 0.1) is 12.3 Å². The van der Waals surface area contributed by atoms with E-state index in [1.165, 1.54) is 17.7 Å². The molecule has 0 radical (unpaired) electrons. The standard InChI is InChI=1S/C19H18N2O3S/c1-2-11-20-25(23,24)18-9-5-8-16(13-18)19(22)21-12-10-15-6-3-4-7-17(15)14-21/h1,3-9,13,20H,10-12,14H2. The molecule has 1 aliphatic heterocycles. The Morgan fingerprint density at radius 1 is 1.16 bits per heavy atom. The smallest absolute Gasteiger partial charge is 0.254 e. The first-order valence-electron chi connectivity index (χ1n) is 7.90. The van der Waals surface area contributed by atoms with Gasteiger partial charge in [0.25, 0.3) is 5.91 Å². The van der Waals surface area contributed by atoms with Crippen molar-refractivity contribution in [2.75, 3.05) is 13.1 Å². The van der Waals surface area contributed by atoms with E-state index in [0.717, 1.165) is 12.0 Å². The van der Waals surface area contributed by atoms with Crippen molar-refractivity contribution in [2.45, 2.75) is 17.9 Å². The molecule has 0 aliphatic carbocycles. The number of hydrogen-bond acceptors (Lipinski definition) is 3. The lowest BCUT2D eigenvalue weighted by Gasteiger charge is -2.29. The van der Waals surface area contributed by atoms with Crippen LogP contribution in [0.25, 0.3) is 0 Å². The Morgan fingerprint density at radius 3 is 2.68 bits per heavy atom. The lowest BCUT2D eigenvalue weighted by atomic mass is 9.99. The predicted octanol–water partition coefficient (Wildman–Crippen LogP) is 1.80. The van der Waals surface area contributed by atoms with Gasteiger partial charge < -0.3 is 4.90 Å². The van der Waals surface area contributed by atoms with Gasteiger partial charge in [0.2, 0.25) is 10.0 Å². The molecular weight excluding hydrogens is 336 g/mol. The number of hydrogen-bond donors (Lipinski definition) is 1. The number of terminal acetylenes is 1. The van der Waals surface area contributed by atoms with E-state index in [4.69, 9.17) is 6.42 Å². The second-order valence-electron chi connectivity index (χ2n) is 5.80. The zero-order valence-electron chi connectivity index (χ0n) is 13.6. The van der Waals surface area contributed by atoms with Gasteiger partial charge in [-0.1, -0.05) is 36.3 Å². The second kappa shape index (κ2) is 7.09. The summed E-state index contributed by atoms with van der Waals surface area (Å²) in [5.74, 6) is 2.05. The van der Waals surface area contributed by atoms with Crippen LogP contribution < -0.4 is 4.72 Å². The maximum absolute atomic E-state index is 12.8. The number of amides is 1. The Kier molecular flexibility index (Phi) is 4.88. The first kappa shape index (κ1) is 17.2. The number of nitrogens with one attached hydrogen (secondary N) is 1. The van der Waals surface area contributed by atoms with Crippen LogP contribution in [-0.4, -0.2) is 32.3 Å². The van der Waals surface area contributed by atoms with E-state index in [0.29, 0.717) is 18.7 Å². The lowest BCUT2D eigenvalue weighted by Crippen LogP contribution is -2.36. The van der Waals surface area contributed by atoms with Crippen molar-refractivity contribution in [1.82, 2.24) is 9.62 Å². The van der Waals surface area contributed by atoms with Gasteiger partial charge in [0.05, 0.1) is 11.4 Å². The molecule has 0 saturated carbocycles. The molecule has 1 amide bonds. The molecule has 25 heavy (non-hydrogen) atoms. The number of nitrogens with zero attached hydrogens (tertiary/aromatic N) is 1. The van der Waals surface area contributed by atoms with Gasteiger partial charge in [-0.15, -0.1) is 6.42 Å². The third kappa shape index (κ3) is 3.73. The summed E-state index contributed by atoms with van der Waals surface area (Å²) >= 11 is 0. The summed E-state index contributed by atoms with van der Waals surface area (Å²) in [6, 6.07) is 14.1. The number of sulfonamides is 1. The predicted molar refractivity (Wildman–Crippen MR) is 95.4 cm³/mol. The summed E-state index contributed by atoms with van der Waals surface area (Å²) in [5, 5.41) is 0. The van der Waals surface area contributed by atoms with E-state index < -0.39 is 10.0 Å². The average Bonchev–Trinajstić information content (AvgIpc) is 2.65. The number of carbonyl (C=O) groups is 1. The highest BCUT2D eigenvalue weighted by atomic mass is 32.2. The molecule has 0 saturated heterocycles. The van der Waals surface area contributed by atoms with Gasteiger partial charge in [0.1, 0.15) is 0 Å². The van der Waals surface area contributed by atoms with Gasteiger partial charge in [-0.25, -0.2) is 8.42 Å². The summed E-state index contributed by atoms with van der Waals surface area (Å²) in [7, 11) is -3.72. The molecular formula is C19H18N2O3S. The van der Waals surface area contributed by atoms with Crippen molar-refractivity contribution in [3.05, 3.63) is 65.2 Å². The van der Waals surface area contributed by atoms with Crippen LogP contribution in [0.15, 0.2) is 53.4 Å².